The number of ether oxygens (including phenoxy) is 2. The minimum Gasteiger partial charge on any atom is -0.497 e. The summed E-state index contributed by atoms with van der Waals surface area (Å²) < 4.78 is 37.8. The average Bonchev–Trinajstić information content (AvgIpc) is 2.48. The molecule has 1 N–H and O–H groups in total. The Morgan fingerprint density at radius 2 is 2.05 bits per heavy atom. The van der Waals surface area contributed by atoms with Crippen molar-refractivity contribution >= 4 is 10.0 Å². The predicted octanol–water partition coefficient (Wildman–Crippen LogP) is 1.58. The van der Waals surface area contributed by atoms with Crippen LogP contribution in [0.4, 0.5) is 0 Å². The third-order valence-electron chi connectivity index (χ3n) is 3.81. The van der Waals surface area contributed by atoms with Crippen LogP contribution in [0, 0.1) is 5.92 Å². The number of methoxy groups -OCH3 is 1. The van der Waals surface area contributed by atoms with Crippen molar-refractivity contribution in [3.63, 3.8) is 0 Å². The first kappa shape index (κ1) is 16.3. The van der Waals surface area contributed by atoms with E-state index in [-0.39, 0.29) is 11.2 Å². The van der Waals surface area contributed by atoms with Crippen LogP contribution in [0.3, 0.4) is 0 Å². The van der Waals surface area contributed by atoms with Gasteiger partial charge in [-0.1, -0.05) is 19.1 Å². The zero-order chi connectivity index (χ0) is 15.3. The Hall–Kier alpha value is -1.11. The van der Waals surface area contributed by atoms with Gasteiger partial charge in [0, 0.05) is 19.1 Å². The number of benzene rings is 1. The molecule has 1 aromatic rings. The van der Waals surface area contributed by atoms with Gasteiger partial charge in [-0.05, 0) is 30.5 Å². The molecule has 1 aliphatic heterocycles. The van der Waals surface area contributed by atoms with Crippen molar-refractivity contribution in [2.45, 2.75) is 25.0 Å². The fourth-order valence-electron chi connectivity index (χ4n) is 2.75. The molecule has 1 aromatic carbocycles. The molecular weight excluding hydrogens is 290 g/mol. The lowest BCUT2D eigenvalue weighted by Gasteiger charge is -2.31. The number of rotatable bonds is 6. The maximum absolute atomic E-state index is 12.3. The maximum atomic E-state index is 12.3. The molecule has 0 bridgehead atoms. The molecule has 0 spiro atoms. The van der Waals surface area contributed by atoms with E-state index >= 15 is 0 Å². The topological polar surface area (TPSA) is 64.6 Å². The fraction of sp³-hybridized carbons (Fsp3) is 0.600. The van der Waals surface area contributed by atoms with E-state index in [4.69, 9.17) is 9.47 Å². The Labute approximate surface area is 126 Å². The molecule has 1 aliphatic rings. The van der Waals surface area contributed by atoms with Gasteiger partial charge in [0.2, 0.25) is 10.0 Å². The molecule has 0 unspecified atom stereocenters. The van der Waals surface area contributed by atoms with Gasteiger partial charge in [0.25, 0.3) is 0 Å². The van der Waals surface area contributed by atoms with Crippen LogP contribution in [0.2, 0.25) is 0 Å². The van der Waals surface area contributed by atoms with Crippen molar-refractivity contribution in [1.82, 2.24) is 4.72 Å². The molecule has 0 aromatic heterocycles. The van der Waals surface area contributed by atoms with Gasteiger partial charge in [0.15, 0.2) is 0 Å². The average molecular weight is 313 g/mol. The van der Waals surface area contributed by atoms with Crippen molar-refractivity contribution < 1.29 is 17.9 Å². The van der Waals surface area contributed by atoms with Crippen LogP contribution in [-0.4, -0.2) is 40.5 Å². The van der Waals surface area contributed by atoms with Gasteiger partial charge < -0.3 is 9.47 Å². The smallest absolute Gasteiger partial charge is 0.214 e. The van der Waals surface area contributed by atoms with Gasteiger partial charge in [-0.25, -0.2) is 13.1 Å². The van der Waals surface area contributed by atoms with Gasteiger partial charge in [-0.2, -0.15) is 0 Å². The molecule has 118 valence electrons. The summed E-state index contributed by atoms with van der Waals surface area (Å²) in [7, 11) is -1.64. The molecule has 0 amide bonds. The summed E-state index contributed by atoms with van der Waals surface area (Å²) in [6.07, 6.45) is 1.25. The van der Waals surface area contributed by atoms with Gasteiger partial charge in [-0.15, -0.1) is 0 Å². The van der Waals surface area contributed by atoms with Crippen LogP contribution in [0.1, 0.15) is 18.9 Å². The van der Waals surface area contributed by atoms with Gasteiger partial charge in [0.1, 0.15) is 5.75 Å². The quantitative estimate of drug-likeness (QED) is 0.866. The normalized spacial score (nSPS) is 23.0. The third kappa shape index (κ3) is 4.18. The van der Waals surface area contributed by atoms with E-state index < -0.39 is 10.0 Å². The van der Waals surface area contributed by atoms with E-state index in [2.05, 4.69) is 4.72 Å². The Kier molecular flexibility index (Phi) is 5.61. The molecule has 0 aliphatic carbocycles. The minimum absolute atomic E-state index is 0.0174. The van der Waals surface area contributed by atoms with Crippen molar-refractivity contribution in [3.8, 4) is 5.75 Å². The molecular formula is C15H23NO4S. The standard InChI is InChI=1S/C15H23NO4S/c1-3-16-21(17,18)15-8-9-20-11-13(15)10-12-4-6-14(19-2)7-5-12/h4-7,13,15-16H,3,8-11H2,1-2H3/t13-,15-/m1/s1. The monoisotopic (exact) mass is 313 g/mol. The molecule has 1 saturated heterocycles. The third-order valence-corrected chi connectivity index (χ3v) is 5.91. The highest BCUT2D eigenvalue weighted by Crippen LogP contribution is 2.25. The van der Waals surface area contributed by atoms with E-state index in [0.717, 1.165) is 11.3 Å². The van der Waals surface area contributed by atoms with Crippen LogP contribution in [0.25, 0.3) is 0 Å². The zero-order valence-corrected chi connectivity index (χ0v) is 13.4. The Morgan fingerprint density at radius 3 is 2.67 bits per heavy atom. The summed E-state index contributed by atoms with van der Waals surface area (Å²) in [5.41, 5.74) is 1.10. The van der Waals surface area contributed by atoms with Crippen LogP contribution in [-0.2, 0) is 21.2 Å². The van der Waals surface area contributed by atoms with Crippen molar-refractivity contribution in [2.75, 3.05) is 26.9 Å². The van der Waals surface area contributed by atoms with Crippen LogP contribution >= 0.6 is 0 Å². The highest BCUT2D eigenvalue weighted by atomic mass is 32.2. The lowest BCUT2D eigenvalue weighted by molar-refractivity contribution is 0.0570. The second-order valence-corrected chi connectivity index (χ2v) is 7.24. The van der Waals surface area contributed by atoms with E-state index in [1.807, 2.05) is 24.3 Å². The van der Waals surface area contributed by atoms with Gasteiger partial charge in [-0.3, -0.25) is 0 Å². The summed E-state index contributed by atoms with van der Waals surface area (Å²) in [6.45, 7) is 3.22. The van der Waals surface area contributed by atoms with E-state index in [1.165, 1.54) is 0 Å². The zero-order valence-electron chi connectivity index (χ0n) is 12.5. The largest absolute Gasteiger partial charge is 0.497 e. The van der Waals surface area contributed by atoms with Crippen molar-refractivity contribution in [2.24, 2.45) is 5.92 Å². The summed E-state index contributed by atoms with van der Waals surface area (Å²) in [5.74, 6) is 0.784. The first-order valence-corrected chi connectivity index (χ1v) is 8.80. The Morgan fingerprint density at radius 1 is 1.33 bits per heavy atom. The van der Waals surface area contributed by atoms with E-state index in [0.29, 0.717) is 32.6 Å². The first-order valence-electron chi connectivity index (χ1n) is 7.26. The van der Waals surface area contributed by atoms with E-state index in [9.17, 15) is 8.42 Å². The second-order valence-electron chi connectivity index (χ2n) is 5.26. The number of sulfonamides is 1. The lowest BCUT2D eigenvalue weighted by Crippen LogP contribution is -2.44. The summed E-state index contributed by atoms with van der Waals surface area (Å²) in [5, 5.41) is -0.381. The summed E-state index contributed by atoms with van der Waals surface area (Å²) in [6, 6.07) is 7.74. The molecule has 0 radical (unpaired) electrons. The molecule has 2 atom stereocenters. The van der Waals surface area contributed by atoms with Crippen molar-refractivity contribution in [3.05, 3.63) is 29.8 Å². The molecule has 21 heavy (non-hydrogen) atoms. The fourth-order valence-corrected chi connectivity index (χ4v) is 4.45. The summed E-state index contributed by atoms with van der Waals surface area (Å²) in [4.78, 5) is 0. The van der Waals surface area contributed by atoms with Crippen molar-refractivity contribution in [1.29, 1.82) is 0 Å². The Bertz CT molecular complexity index is 541. The van der Waals surface area contributed by atoms with Crippen LogP contribution in [0.5, 0.6) is 5.75 Å². The first-order chi connectivity index (χ1) is 10.1. The predicted molar refractivity (Wildman–Crippen MR) is 82.0 cm³/mol. The highest BCUT2D eigenvalue weighted by Gasteiger charge is 2.35. The van der Waals surface area contributed by atoms with Gasteiger partial charge >= 0.3 is 0 Å². The molecule has 1 fully saturated rings. The molecule has 5 nitrogen and oxygen atoms in total. The Balaban J connectivity index is 2.11. The molecule has 0 saturated carbocycles. The van der Waals surface area contributed by atoms with Gasteiger partial charge in [0.05, 0.1) is 19.0 Å². The SMILES string of the molecule is CCNS(=O)(=O)[C@@H]1CCOC[C@H]1Cc1ccc(OC)cc1. The molecule has 2 rings (SSSR count). The van der Waals surface area contributed by atoms with Crippen LogP contribution in [0.15, 0.2) is 24.3 Å². The second kappa shape index (κ2) is 7.24. The van der Waals surface area contributed by atoms with Crippen LogP contribution < -0.4 is 9.46 Å². The highest BCUT2D eigenvalue weighted by molar-refractivity contribution is 7.90. The maximum Gasteiger partial charge on any atom is 0.214 e. The minimum atomic E-state index is -3.27. The number of hydrogen-bond acceptors (Lipinski definition) is 4. The summed E-state index contributed by atoms with van der Waals surface area (Å²) >= 11 is 0. The van der Waals surface area contributed by atoms with E-state index in [1.54, 1.807) is 14.0 Å². The lowest BCUT2D eigenvalue weighted by atomic mass is 9.93. The number of hydrogen-bond donors (Lipinski definition) is 1. The molecule has 1 heterocycles. The molecule has 6 heteroatoms. The number of nitrogens with one attached hydrogen (secondary N) is 1.